The van der Waals surface area contributed by atoms with Gasteiger partial charge >= 0.3 is 18.2 Å². The zero-order chi connectivity index (χ0) is 30.1. The molecule has 0 saturated heterocycles. The molecule has 0 heterocycles. The SMILES string of the molecule is CC(C)C(NC(=O)OC(C)(C)C)C(C)C(=O)Oc1c(F)c(F)c(F)c(F)c1F.NC(=O)OCc1ccccc1. The highest BCUT2D eigenvalue weighted by Crippen LogP contribution is 2.30. The van der Waals surface area contributed by atoms with Crippen LogP contribution in [0.25, 0.3) is 0 Å². The summed E-state index contributed by atoms with van der Waals surface area (Å²) in [4.78, 5) is 34.4. The molecule has 3 N–H and O–H groups in total. The first-order valence-corrected chi connectivity index (χ1v) is 11.6. The van der Waals surface area contributed by atoms with Crippen molar-refractivity contribution in [2.24, 2.45) is 17.6 Å². The maximum atomic E-state index is 13.7. The van der Waals surface area contributed by atoms with E-state index in [2.05, 4.69) is 14.8 Å². The molecule has 0 aliphatic rings. The quantitative estimate of drug-likeness (QED) is 0.146. The van der Waals surface area contributed by atoms with Crippen LogP contribution in [0.15, 0.2) is 30.3 Å². The van der Waals surface area contributed by atoms with E-state index in [4.69, 9.17) is 10.5 Å². The van der Waals surface area contributed by atoms with Crippen molar-refractivity contribution in [1.82, 2.24) is 5.32 Å². The zero-order valence-corrected chi connectivity index (χ0v) is 22.2. The van der Waals surface area contributed by atoms with E-state index in [9.17, 15) is 36.3 Å². The van der Waals surface area contributed by atoms with Gasteiger partial charge in [0.1, 0.15) is 12.2 Å². The van der Waals surface area contributed by atoms with Gasteiger partial charge in [0.15, 0.2) is 0 Å². The maximum Gasteiger partial charge on any atom is 0.407 e. The average Bonchev–Trinajstić information content (AvgIpc) is 2.85. The van der Waals surface area contributed by atoms with E-state index in [1.165, 1.54) is 6.92 Å². The molecule has 0 aliphatic carbocycles. The number of amides is 2. The molecule has 0 fully saturated rings. The number of halogens is 5. The average molecular weight is 563 g/mol. The second-order valence-electron chi connectivity index (χ2n) is 9.62. The summed E-state index contributed by atoms with van der Waals surface area (Å²) in [7, 11) is 0. The molecule has 2 aromatic rings. The van der Waals surface area contributed by atoms with Crippen molar-refractivity contribution in [2.75, 3.05) is 0 Å². The van der Waals surface area contributed by atoms with Crippen molar-refractivity contribution in [2.45, 2.75) is 59.8 Å². The molecular weight excluding hydrogens is 531 g/mol. The third-order valence-corrected chi connectivity index (χ3v) is 4.91. The van der Waals surface area contributed by atoms with Crippen molar-refractivity contribution < 1.29 is 50.5 Å². The Labute approximate surface area is 222 Å². The van der Waals surface area contributed by atoms with Crippen LogP contribution in [0.3, 0.4) is 0 Å². The molecule has 2 aromatic carbocycles. The van der Waals surface area contributed by atoms with Gasteiger partial charge in [-0.25, -0.2) is 22.8 Å². The van der Waals surface area contributed by atoms with E-state index in [-0.39, 0.29) is 12.5 Å². The van der Waals surface area contributed by atoms with Gasteiger partial charge in [0.25, 0.3) is 0 Å². The molecule has 2 unspecified atom stereocenters. The summed E-state index contributed by atoms with van der Waals surface area (Å²) in [6.07, 6.45) is -1.59. The van der Waals surface area contributed by atoms with Gasteiger partial charge in [-0.3, -0.25) is 4.79 Å². The fourth-order valence-corrected chi connectivity index (χ4v) is 3.06. The monoisotopic (exact) mass is 562 g/mol. The number of alkyl carbamates (subject to hydrolysis) is 1. The molecule has 2 rings (SSSR count). The number of primary amides is 1. The lowest BCUT2D eigenvalue weighted by atomic mass is 9.92. The van der Waals surface area contributed by atoms with Crippen LogP contribution in [0, 0.1) is 40.9 Å². The summed E-state index contributed by atoms with van der Waals surface area (Å²) < 4.78 is 81.0. The van der Waals surface area contributed by atoms with Crippen LogP contribution in [0.1, 0.15) is 47.1 Å². The summed E-state index contributed by atoms with van der Waals surface area (Å²) in [6, 6.07) is 8.47. The minimum Gasteiger partial charge on any atom is -0.445 e. The molecule has 216 valence electrons. The molecule has 8 nitrogen and oxygen atoms in total. The van der Waals surface area contributed by atoms with Gasteiger partial charge in [0.05, 0.1) is 5.92 Å². The highest BCUT2D eigenvalue weighted by Gasteiger charge is 2.34. The number of nitrogens with two attached hydrogens (primary N) is 1. The second kappa shape index (κ2) is 14.3. The predicted octanol–water partition coefficient (Wildman–Crippen LogP) is 5.75. The minimum atomic E-state index is -2.37. The molecular formula is C26H31F5N2O6. The van der Waals surface area contributed by atoms with Crippen LogP contribution in [0.4, 0.5) is 31.5 Å². The first-order chi connectivity index (χ1) is 18.0. The molecule has 0 bridgehead atoms. The Morgan fingerprint density at radius 1 is 0.872 bits per heavy atom. The van der Waals surface area contributed by atoms with E-state index >= 15 is 0 Å². The molecule has 0 radical (unpaired) electrons. The van der Waals surface area contributed by atoms with Gasteiger partial charge < -0.3 is 25.3 Å². The number of nitrogens with one attached hydrogen (secondary N) is 1. The van der Waals surface area contributed by atoms with Crippen molar-refractivity contribution in [3.8, 4) is 5.75 Å². The Kier molecular flexibility index (Phi) is 12.2. The molecule has 2 amide bonds. The highest BCUT2D eigenvalue weighted by atomic mass is 19.2. The minimum absolute atomic E-state index is 0.246. The molecule has 13 heteroatoms. The lowest BCUT2D eigenvalue weighted by molar-refractivity contribution is -0.140. The standard InChI is InChI=1S/C18H22F5NO4.C8H9NO2/c1-7(2)14(24-17(26)28-18(4,5)6)8(3)16(25)27-15-12(22)10(20)9(19)11(21)13(15)23;9-8(10)11-6-7-4-2-1-3-5-7/h7-8,14H,1-6H3,(H,24,26);1-5H,6H2,(H2,9,10). The molecule has 0 aliphatic heterocycles. The van der Waals surface area contributed by atoms with Gasteiger partial charge in [-0.15, -0.1) is 0 Å². The van der Waals surface area contributed by atoms with Gasteiger partial charge in [-0.05, 0) is 39.2 Å². The van der Waals surface area contributed by atoms with Crippen LogP contribution in [0.2, 0.25) is 0 Å². The molecule has 39 heavy (non-hydrogen) atoms. The lowest BCUT2D eigenvalue weighted by Gasteiger charge is -2.29. The Morgan fingerprint density at radius 2 is 1.36 bits per heavy atom. The normalized spacial score (nSPS) is 12.5. The number of benzene rings is 2. The summed E-state index contributed by atoms with van der Waals surface area (Å²) >= 11 is 0. The largest absolute Gasteiger partial charge is 0.445 e. The first-order valence-electron chi connectivity index (χ1n) is 11.6. The third kappa shape index (κ3) is 10.4. The number of hydrogen-bond acceptors (Lipinski definition) is 6. The number of esters is 1. The van der Waals surface area contributed by atoms with E-state index in [0.29, 0.717) is 0 Å². The maximum absolute atomic E-state index is 13.7. The Morgan fingerprint density at radius 3 is 1.79 bits per heavy atom. The number of rotatable bonds is 7. The second-order valence-corrected chi connectivity index (χ2v) is 9.62. The fourth-order valence-electron chi connectivity index (χ4n) is 3.06. The highest BCUT2D eigenvalue weighted by molar-refractivity contribution is 5.77. The Bertz CT molecular complexity index is 1130. The summed E-state index contributed by atoms with van der Waals surface area (Å²) in [6.45, 7) is 9.68. The predicted molar refractivity (Wildman–Crippen MR) is 130 cm³/mol. The van der Waals surface area contributed by atoms with Crippen LogP contribution in [0.5, 0.6) is 5.75 Å². The lowest BCUT2D eigenvalue weighted by Crippen LogP contribution is -2.48. The van der Waals surface area contributed by atoms with Gasteiger partial charge in [0.2, 0.25) is 34.8 Å². The number of hydrogen-bond donors (Lipinski definition) is 2. The van der Waals surface area contributed by atoms with Crippen LogP contribution >= 0.6 is 0 Å². The fraction of sp³-hybridized carbons (Fsp3) is 0.423. The number of carbonyl (C=O) groups excluding carboxylic acids is 3. The molecule has 0 aromatic heterocycles. The zero-order valence-electron chi connectivity index (χ0n) is 22.2. The van der Waals surface area contributed by atoms with E-state index in [0.717, 1.165) is 5.56 Å². The summed E-state index contributed by atoms with van der Waals surface area (Å²) in [5.41, 5.74) is 4.90. The van der Waals surface area contributed by atoms with E-state index < -0.39 is 70.6 Å². The van der Waals surface area contributed by atoms with Gasteiger partial charge in [-0.2, -0.15) is 8.78 Å². The van der Waals surface area contributed by atoms with Crippen LogP contribution in [-0.4, -0.2) is 29.8 Å². The Hall–Kier alpha value is -3.90. The van der Waals surface area contributed by atoms with E-state index in [1.54, 1.807) is 34.6 Å². The van der Waals surface area contributed by atoms with E-state index in [1.807, 2.05) is 30.3 Å². The smallest absolute Gasteiger partial charge is 0.407 e. The first kappa shape index (κ1) is 33.1. The van der Waals surface area contributed by atoms with Crippen LogP contribution < -0.4 is 15.8 Å². The number of carbonyl (C=O) groups is 3. The van der Waals surface area contributed by atoms with Gasteiger partial charge in [0, 0.05) is 6.04 Å². The number of ether oxygens (including phenoxy) is 3. The summed E-state index contributed by atoms with van der Waals surface area (Å²) in [5, 5.41) is 2.44. The van der Waals surface area contributed by atoms with Crippen molar-refractivity contribution in [3.05, 3.63) is 65.0 Å². The van der Waals surface area contributed by atoms with Crippen molar-refractivity contribution in [3.63, 3.8) is 0 Å². The molecule has 2 atom stereocenters. The topological polar surface area (TPSA) is 117 Å². The van der Waals surface area contributed by atoms with Crippen LogP contribution in [-0.2, 0) is 20.9 Å². The molecule has 0 spiro atoms. The summed E-state index contributed by atoms with van der Waals surface area (Å²) in [5.74, 6) is -15.9. The van der Waals surface area contributed by atoms with Crippen molar-refractivity contribution in [1.29, 1.82) is 0 Å². The Balaban J connectivity index is 0.000000573. The third-order valence-electron chi connectivity index (χ3n) is 4.91. The van der Waals surface area contributed by atoms with Gasteiger partial charge in [-0.1, -0.05) is 44.2 Å². The van der Waals surface area contributed by atoms with Crippen molar-refractivity contribution >= 4 is 18.2 Å². The molecule has 0 saturated carbocycles.